The number of para-hydroxylation sites is 1. The number of nitrogens with zero attached hydrogens (tertiary/aromatic N) is 1. The molecular formula is C48H29NO2S. The van der Waals surface area contributed by atoms with Crippen LogP contribution < -0.4 is 4.90 Å². The molecule has 244 valence electrons. The van der Waals surface area contributed by atoms with Crippen LogP contribution in [-0.2, 0) is 0 Å². The van der Waals surface area contributed by atoms with E-state index in [0.29, 0.717) is 0 Å². The van der Waals surface area contributed by atoms with Crippen LogP contribution in [0.5, 0.6) is 0 Å². The minimum Gasteiger partial charge on any atom is -0.456 e. The molecule has 0 aliphatic heterocycles. The second-order valence-corrected chi connectivity index (χ2v) is 14.4. The SMILES string of the molecule is c1ccc(-c2cccc(N(c3ccc(-c4ccc5c(c4)oc4ccc6oc7ccccc7c6c45)cc3)c3ccc4c(c3)sc3ccccc34)c2)cc1. The maximum atomic E-state index is 6.47. The molecule has 0 unspecified atom stereocenters. The topological polar surface area (TPSA) is 29.5 Å². The predicted molar refractivity (Wildman–Crippen MR) is 219 cm³/mol. The molecule has 0 N–H and O–H groups in total. The summed E-state index contributed by atoms with van der Waals surface area (Å²) >= 11 is 1.85. The van der Waals surface area contributed by atoms with E-state index in [-0.39, 0.29) is 0 Å². The van der Waals surface area contributed by atoms with Gasteiger partial charge in [0, 0.05) is 58.8 Å². The summed E-state index contributed by atoms with van der Waals surface area (Å²) in [4.78, 5) is 2.36. The van der Waals surface area contributed by atoms with Crippen molar-refractivity contribution >= 4 is 92.4 Å². The molecule has 0 spiro atoms. The van der Waals surface area contributed by atoms with Gasteiger partial charge in [-0.1, -0.05) is 103 Å². The Bertz CT molecular complexity index is 3130. The van der Waals surface area contributed by atoms with Crippen LogP contribution in [0.15, 0.2) is 185 Å². The second-order valence-electron chi connectivity index (χ2n) is 13.3. The number of hydrogen-bond donors (Lipinski definition) is 0. The molecule has 3 nitrogen and oxygen atoms in total. The molecule has 0 atom stereocenters. The number of fused-ring (bicyclic) bond motifs is 10. The monoisotopic (exact) mass is 683 g/mol. The summed E-state index contributed by atoms with van der Waals surface area (Å²) in [6.45, 7) is 0. The largest absolute Gasteiger partial charge is 0.456 e. The molecule has 3 heterocycles. The van der Waals surface area contributed by atoms with E-state index in [0.717, 1.165) is 72.1 Å². The fourth-order valence-corrected chi connectivity index (χ4v) is 8.96. The van der Waals surface area contributed by atoms with Crippen molar-refractivity contribution in [1.82, 2.24) is 0 Å². The van der Waals surface area contributed by atoms with Gasteiger partial charge >= 0.3 is 0 Å². The van der Waals surface area contributed by atoms with Gasteiger partial charge in [-0.3, -0.25) is 0 Å². The van der Waals surface area contributed by atoms with Gasteiger partial charge in [-0.2, -0.15) is 0 Å². The van der Waals surface area contributed by atoms with Crippen molar-refractivity contribution in [3.8, 4) is 22.3 Å². The maximum Gasteiger partial charge on any atom is 0.136 e. The van der Waals surface area contributed by atoms with Gasteiger partial charge in [0.1, 0.15) is 22.3 Å². The van der Waals surface area contributed by atoms with Gasteiger partial charge in [0.15, 0.2) is 0 Å². The predicted octanol–water partition coefficient (Wildman–Crippen LogP) is 14.7. The standard InChI is InChI=1S/C48H29NO2S/c1-2-9-30(10-3-1)32-11-8-12-35(27-32)49(36-22-24-38-37-13-5-7-16-45(37)52-46(38)29-36)34-20-17-31(18-21-34)33-19-23-40-44(28-33)51-43-26-25-42-47(48(40)43)39-14-4-6-15-41(39)50-42/h1-29H. The lowest BCUT2D eigenvalue weighted by Gasteiger charge is -2.26. The van der Waals surface area contributed by atoms with Gasteiger partial charge < -0.3 is 13.7 Å². The molecule has 8 aromatic carbocycles. The number of thiophene rings is 1. The van der Waals surface area contributed by atoms with E-state index in [1.807, 2.05) is 35.6 Å². The van der Waals surface area contributed by atoms with Crippen LogP contribution in [0.4, 0.5) is 17.1 Å². The summed E-state index contributed by atoms with van der Waals surface area (Å²) in [7, 11) is 0. The summed E-state index contributed by atoms with van der Waals surface area (Å²) in [6, 6.07) is 62.6. The van der Waals surface area contributed by atoms with Gasteiger partial charge in [0.2, 0.25) is 0 Å². The summed E-state index contributed by atoms with van der Waals surface area (Å²) in [5, 5.41) is 7.00. The minimum atomic E-state index is 0.866. The molecule has 0 saturated heterocycles. The number of anilines is 3. The molecule has 3 aromatic heterocycles. The lowest BCUT2D eigenvalue weighted by atomic mass is 10.0. The lowest BCUT2D eigenvalue weighted by Crippen LogP contribution is -2.09. The number of furan rings is 2. The van der Waals surface area contributed by atoms with Crippen LogP contribution in [0.3, 0.4) is 0 Å². The summed E-state index contributed by atoms with van der Waals surface area (Å²) in [6.07, 6.45) is 0. The molecule has 0 radical (unpaired) electrons. The third kappa shape index (κ3) is 4.58. The Morgan fingerprint density at radius 3 is 1.75 bits per heavy atom. The molecule has 0 amide bonds. The first-order valence-corrected chi connectivity index (χ1v) is 18.3. The Morgan fingerprint density at radius 2 is 0.904 bits per heavy atom. The molecule has 0 aliphatic rings. The highest BCUT2D eigenvalue weighted by Gasteiger charge is 2.18. The summed E-state index contributed by atoms with van der Waals surface area (Å²) in [5.41, 5.74) is 11.4. The van der Waals surface area contributed by atoms with E-state index in [9.17, 15) is 0 Å². The van der Waals surface area contributed by atoms with Crippen LogP contribution in [-0.4, -0.2) is 0 Å². The third-order valence-corrected chi connectivity index (χ3v) is 11.4. The first-order chi connectivity index (χ1) is 25.7. The molecule has 0 aliphatic carbocycles. The zero-order chi connectivity index (χ0) is 34.2. The van der Waals surface area contributed by atoms with E-state index in [1.165, 1.54) is 31.3 Å². The van der Waals surface area contributed by atoms with Crippen molar-refractivity contribution in [1.29, 1.82) is 0 Å². The average molecular weight is 684 g/mol. The zero-order valence-corrected chi connectivity index (χ0v) is 28.7. The quantitative estimate of drug-likeness (QED) is 0.181. The van der Waals surface area contributed by atoms with Crippen molar-refractivity contribution in [3.05, 3.63) is 176 Å². The Balaban J connectivity index is 1.02. The van der Waals surface area contributed by atoms with E-state index >= 15 is 0 Å². The first-order valence-electron chi connectivity index (χ1n) is 17.5. The second kappa shape index (κ2) is 11.5. The lowest BCUT2D eigenvalue weighted by molar-refractivity contribution is 0.663. The molecule has 11 aromatic rings. The average Bonchev–Trinajstić information content (AvgIpc) is 3.89. The Kier molecular flexibility index (Phi) is 6.42. The third-order valence-electron chi connectivity index (χ3n) is 10.3. The first kappa shape index (κ1) is 29.1. The Morgan fingerprint density at radius 1 is 0.327 bits per heavy atom. The van der Waals surface area contributed by atoms with Crippen molar-refractivity contribution < 1.29 is 8.83 Å². The Labute approximate surface area is 303 Å². The van der Waals surface area contributed by atoms with Crippen molar-refractivity contribution in [2.45, 2.75) is 0 Å². The fourth-order valence-electron chi connectivity index (χ4n) is 7.82. The number of rotatable bonds is 5. The van der Waals surface area contributed by atoms with E-state index in [4.69, 9.17) is 8.83 Å². The molecular weight excluding hydrogens is 655 g/mol. The fraction of sp³-hybridized carbons (Fsp3) is 0. The number of benzene rings is 8. The molecule has 0 saturated carbocycles. The van der Waals surface area contributed by atoms with Crippen molar-refractivity contribution in [3.63, 3.8) is 0 Å². The minimum absolute atomic E-state index is 0.866. The molecule has 11 rings (SSSR count). The van der Waals surface area contributed by atoms with Crippen LogP contribution in [0.2, 0.25) is 0 Å². The zero-order valence-electron chi connectivity index (χ0n) is 27.9. The van der Waals surface area contributed by atoms with Gasteiger partial charge in [-0.15, -0.1) is 11.3 Å². The highest BCUT2D eigenvalue weighted by molar-refractivity contribution is 7.25. The van der Waals surface area contributed by atoms with Gasteiger partial charge in [0.25, 0.3) is 0 Å². The summed E-state index contributed by atoms with van der Waals surface area (Å²) < 4.78 is 15.2. The van der Waals surface area contributed by atoms with Gasteiger partial charge in [-0.05, 0) is 95.1 Å². The Hall–Kier alpha value is -6.62. The van der Waals surface area contributed by atoms with Gasteiger partial charge in [0.05, 0.1) is 0 Å². The maximum absolute atomic E-state index is 6.47. The van der Waals surface area contributed by atoms with Crippen molar-refractivity contribution in [2.24, 2.45) is 0 Å². The van der Waals surface area contributed by atoms with Crippen LogP contribution in [0.25, 0.3) is 86.3 Å². The van der Waals surface area contributed by atoms with Crippen LogP contribution in [0.1, 0.15) is 0 Å². The highest BCUT2D eigenvalue weighted by Crippen LogP contribution is 2.43. The number of hydrogen-bond acceptors (Lipinski definition) is 4. The summed E-state index contributed by atoms with van der Waals surface area (Å²) in [5.74, 6) is 0. The normalized spacial score (nSPS) is 11.8. The van der Waals surface area contributed by atoms with Crippen molar-refractivity contribution in [2.75, 3.05) is 4.90 Å². The molecule has 0 bridgehead atoms. The highest BCUT2D eigenvalue weighted by atomic mass is 32.1. The van der Waals surface area contributed by atoms with E-state index in [1.54, 1.807) is 0 Å². The van der Waals surface area contributed by atoms with Crippen LogP contribution in [0, 0.1) is 0 Å². The molecule has 52 heavy (non-hydrogen) atoms. The van der Waals surface area contributed by atoms with Crippen LogP contribution >= 0.6 is 11.3 Å². The molecule has 0 fully saturated rings. The van der Waals surface area contributed by atoms with E-state index < -0.39 is 0 Å². The molecule has 4 heteroatoms. The smallest absolute Gasteiger partial charge is 0.136 e. The van der Waals surface area contributed by atoms with Gasteiger partial charge in [-0.25, -0.2) is 0 Å². The van der Waals surface area contributed by atoms with E-state index in [2.05, 4.69) is 157 Å².